The first-order valence-corrected chi connectivity index (χ1v) is 8.05. The zero-order chi connectivity index (χ0) is 14.6. The van der Waals surface area contributed by atoms with Crippen LogP contribution in [0.4, 0.5) is 0 Å². The molecule has 0 aliphatic rings. The van der Waals surface area contributed by atoms with Crippen molar-refractivity contribution in [2.24, 2.45) is 12.2 Å². The van der Waals surface area contributed by atoms with Gasteiger partial charge in [0.05, 0.1) is 17.1 Å². The molecule has 0 fully saturated rings. The van der Waals surface area contributed by atoms with Crippen molar-refractivity contribution in [2.75, 3.05) is 6.54 Å². The molecule has 0 spiro atoms. The lowest BCUT2D eigenvalue weighted by Gasteiger charge is -2.04. The fourth-order valence-electron chi connectivity index (χ4n) is 2.07. The zero-order valence-electron chi connectivity index (χ0n) is 11.5. The van der Waals surface area contributed by atoms with Crippen molar-refractivity contribution in [3.8, 4) is 0 Å². The number of benzene rings is 1. The first-order chi connectivity index (χ1) is 9.47. The summed E-state index contributed by atoms with van der Waals surface area (Å²) in [7, 11) is -1.55. The Morgan fingerprint density at radius 3 is 2.45 bits per heavy atom. The van der Waals surface area contributed by atoms with Crippen LogP contribution in [-0.2, 0) is 30.0 Å². The third-order valence-electron chi connectivity index (χ3n) is 3.29. The number of nitrogens with two attached hydrogens (primary N) is 2. The maximum Gasteiger partial charge on any atom is 0.238 e. The van der Waals surface area contributed by atoms with Gasteiger partial charge in [-0.1, -0.05) is 12.1 Å². The molecular weight excluding hydrogens is 274 g/mol. The zero-order valence-corrected chi connectivity index (χ0v) is 12.3. The first-order valence-electron chi connectivity index (χ1n) is 6.50. The molecule has 0 bridgehead atoms. The molecule has 6 heteroatoms. The smallest absolute Gasteiger partial charge is 0.238 e. The molecular formula is C14H20N3O2S+. The molecule has 1 aromatic carbocycles. The van der Waals surface area contributed by atoms with Crippen molar-refractivity contribution in [2.45, 2.75) is 17.9 Å². The van der Waals surface area contributed by atoms with Gasteiger partial charge >= 0.3 is 0 Å². The van der Waals surface area contributed by atoms with E-state index in [2.05, 4.69) is 16.0 Å². The number of nitrogens with zero attached hydrogens (tertiary/aromatic N) is 1. The number of primary sulfonamides is 1. The standard InChI is InChI=1S/C14H19N3O2S/c1-17-10-2-3-13(17)11-16-9-8-12-4-6-14(7-5-12)20(15,18)19/h2-7,10,16H,8-9,11H2,1H3,(H2,15,18,19)/p+1. The van der Waals surface area contributed by atoms with E-state index in [-0.39, 0.29) is 4.90 Å². The molecule has 1 heterocycles. The van der Waals surface area contributed by atoms with Crippen LogP contribution >= 0.6 is 0 Å². The largest absolute Gasteiger partial charge is 0.350 e. The van der Waals surface area contributed by atoms with Crippen molar-refractivity contribution in [3.05, 3.63) is 53.9 Å². The van der Waals surface area contributed by atoms with Gasteiger partial charge in [-0.3, -0.25) is 0 Å². The maximum atomic E-state index is 11.1. The Kier molecular flexibility index (Phi) is 4.59. The molecule has 4 N–H and O–H groups in total. The fourth-order valence-corrected chi connectivity index (χ4v) is 2.59. The van der Waals surface area contributed by atoms with Crippen LogP contribution in [0.5, 0.6) is 0 Å². The molecule has 0 atom stereocenters. The van der Waals surface area contributed by atoms with Crippen molar-refractivity contribution < 1.29 is 13.7 Å². The summed E-state index contributed by atoms with van der Waals surface area (Å²) in [4.78, 5) is 0.161. The van der Waals surface area contributed by atoms with E-state index in [0.717, 1.165) is 25.1 Å². The van der Waals surface area contributed by atoms with Crippen molar-refractivity contribution >= 4 is 10.0 Å². The normalized spacial score (nSPS) is 11.7. The molecule has 0 saturated heterocycles. The lowest BCUT2D eigenvalue weighted by Crippen LogP contribution is -2.83. The van der Waals surface area contributed by atoms with Crippen LogP contribution in [0, 0.1) is 0 Å². The number of aromatic nitrogens is 1. The van der Waals surface area contributed by atoms with Crippen molar-refractivity contribution in [1.82, 2.24) is 4.57 Å². The second kappa shape index (κ2) is 6.21. The number of quaternary nitrogens is 1. The van der Waals surface area contributed by atoms with Gasteiger partial charge in [-0.2, -0.15) is 0 Å². The number of hydrogen-bond donors (Lipinski definition) is 2. The minimum absolute atomic E-state index is 0.161. The van der Waals surface area contributed by atoms with Gasteiger partial charge in [0, 0.05) is 19.7 Å². The topological polar surface area (TPSA) is 81.7 Å². The SMILES string of the molecule is Cn1cccc1C[NH2+]CCc1ccc(S(N)(=O)=O)cc1. The highest BCUT2D eigenvalue weighted by molar-refractivity contribution is 7.89. The molecule has 0 saturated carbocycles. The lowest BCUT2D eigenvalue weighted by atomic mass is 10.1. The summed E-state index contributed by atoms with van der Waals surface area (Å²) >= 11 is 0. The minimum atomic E-state index is -3.59. The summed E-state index contributed by atoms with van der Waals surface area (Å²) in [5.41, 5.74) is 2.40. The molecule has 2 aromatic rings. The molecule has 5 nitrogen and oxygen atoms in total. The van der Waals surface area contributed by atoms with Crippen molar-refractivity contribution in [1.29, 1.82) is 0 Å². The summed E-state index contributed by atoms with van der Waals surface area (Å²) in [5, 5.41) is 7.30. The summed E-state index contributed by atoms with van der Waals surface area (Å²) < 4.78 is 24.4. The average molecular weight is 294 g/mol. The van der Waals surface area contributed by atoms with Crippen molar-refractivity contribution in [3.63, 3.8) is 0 Å². The van der Waals surface area contributed by atoms with E-state index in [1.807, 2.05) is 31.4 Å². The second-order valence-corrected chi connectivity index (χ2v) is 6.39. The van der Waals surface area contributed by atoms with E-state index in [9.17, 15) is 8.42 Å². The minimum Gasteiger partial charge on any atom is -0.350 e. The van der Waals surface area contributed by atoms with Crippen LogP contribution in [-0.4, -0.2) is 19.5 Å². The number of hydrogen-bond acceptors (Lipinski definition) is 2. The molecule has 0 amide bonds. The molecule has 1 aromatic heterocycles. The van der Waals surface area contributed by atoms with Gasteiger partial charge in [0.2, 0.25) is 10.0 Å². The molecule has 0 radical (unpaired) electrons. The Hall–Kier alpha value is -1.63. The monoisotopic (exact) mass is 294 g/mol. The molecule has 0 unspecified atom stereocenters. The number of rotatable bonds is 6. The highest BCUT2D eigenvalue weighted by Crippen LogP contribution is 2.08. The molecule has 108 valence electrons. The summed E-state index contributed by atoms with van der Waals surface area (Å²) in [6.45, 7) is 1.90. The van der Waals surface area contributed by atoms with E-state index >= 15 is 0 Å². The average Bonchev–Trinajstić information content (AvgIpc) is 2.80. The Morgan fingerprint density at radius 1 is 1.20 bits per heavy atom. The van der Waals surface area contributed by atoms with Crippen LogP contribution in [0.25, 0.3) is 0 Å². The Bertz CT molecular complexity index is 660. The van der Waals surface area contributed by atoms with Crippen LogP contribution in [0.15, 0.2) is 47.5 Å². The molecule has 0 aliphatic heterocycles. The van der Waals surface area contributed by atoms with Gasteiger partial charge in [-0.05, 0) is 29.8 Å². The predicted octanol–water partition coefficient (Wildman–Crippen LogP) is -0.0214. The van der Waals surface area contributed by atoms with Crippen LogP contribution in [0.3, 0.4) is 0 Å². The van der Waals surface area contributed by atoms with Crippen LogP contribution in [0.1, 0.15) is 11.3 Å². The van der Waals surface area contributed by atoms with Gasteiger partial charge in [0.1, 0.15) is 6.54 Å². The number of aryl methyl sites for hydroxylation is 1. The Balaban J connectivity index is 1.81. The maximum absolute atomic E-state index is 11.1. The fraction of sp³-hybridized carbons (Fsp3) is 0.286. The van der Waals surface area contributed by atoms with Crippen LogP contribution < -0.4 is 10.5 Å². The van der Waals surface area contributed by atoms with Crippen LogP contribution in [0.2, 0.25) is 0 Å². The lowest BCUT2D eigenvalue weighted by molar-refractivity contribution is -0.670. The van der Waals surface area contributed by atoms with Gasteiger partial charge in [-0.15, -0.1) is 0 Å². The third-order valence-corrected chi connectivity index (χ3v) is 4.22. The Labute approximate surface area is 119 Å². The number of sulfonamides is 1. The van der Waals surface area contributed by atoms with E-state index in [1.54, 1.807) is 12.1 Å². The van der Waals surface area contributed by atoms with E-state index < -0.39 is 10.0 Å². The molecule has 0 aliphatic carbocycles. The third kappa shape index (κ3) is 3.93. The van der Waals surface area contributed by atoms with Gasteiger partial charge in [0.25, 0.3) is 0 Å². The van der Waals surface area contributed by atoms with E-state index in [0.29, 0.717) is 0 Å². The quantitative estimate of drug-likeness (QED) is 0.734. The predicted molar refractivity (Wildman–Crippen MR) is 77.4 cm³/mol. The second-order valence-electron chi connectivity index (χ2n) is 4.83. The molecule has 20 heavy (non-hydrogen) atoms. The van der Waals surface area contributed by atoms with Gasteiger partial charge < -0.3 is 9.88 Å². The van der Waals surface area contributed by atoms with Gasteiger partial charge in [0.15, 0.2) is 0 Å². The van der Waals surface area contributed by atoms with E-state index in [1.165, 1.54) is 5.69 Å². The summed E-state index contributed by atoms with van der Waals surface area (Å²) in [6.07, 6.45) is 2.93. The Morgan fingerprint density at radius 2 is 1.90 bits per heavy atom. The molecule has 2 rings (SSSR count). The highest BCUT2D eigenvalue weighted by atomic mass is 32.2. The summed E-state index contributed by atoms with van der Waals surface area (Å²) in [6, 6.07) is 10.9. The van der Waals surface area contributed by atoms with Gasteiger partial charge in [-0.25, -0.2) is 13.6 Å². The van der Waals surface area contributed by atoms with E-state index in [4.69, 9.17) is 5.14 Å². The first kappa shape index (κ1) is 14.8. The highest BCUT2D eigenvalue weighted by Gasteiger charge is 2.06. The summed E-state index contributed by atoms with van der Waals surface area (Å²) in [5.74, 6) is 0.